The van der Waals surface area contributed by atoms with E-state index in [1.54, 1.807) is 7.11 Å². The quantitative estimate of drug-likeness (QED) is 0.728. The Bertz CT molecular complexity index is 465. The zero-order chi connectivity index (χ0) is 15.1. The fourth-order valence-corrected chi connectivity index (χ4v) is 2.15. The van der Waals surface area contributed by atoms with Gasteiger partial charge in [0.15, 0.2) is 0 Å². The van der Waals surface area contributed by atoms with E-state index in [0.29, 0.717) is 19.8 Å². The molecular formula is C15H21NO5. The molecule has 2 rings (SSSR count). The topological polar surface area (TPSA) is 57.2 Å². The van der Waals surface area contributed by atoms with Crippen LogP contribution in [0.4, 0.5) is 0 Å². The number of carbonyl (C=O) groups excluding carboxylic acids is 1. The van der Waals surface area contributed by atoms with E-state index in [0.717, 1.165) is 18.0 Å². The minimum Gasteiger partial charge on any atom is -0.497 e. The molecule has 6 nitrogen and oxygen atoms in total. The molecule has 0 aliphatic carbocycles. The maximum absolute atomic E-state index is 11.3. The number of rotatable bonds is 6. The number of benzene rings is 1. The molecule has 1 aromatic carbocycles. The van der Waals surface area contributed by atoms with Gasteiger partial charge in [0.2, 0.25) is 0 Å². The highest BCUT2D eigenvalue weighted by molar-refractivity contribution is 5.71. The van der Waals surface area contributed by atoms with Crippen molar-refractivity contribution in [2.24, 2.45) is 0 Å². The summed E-state index contributed by atoms with van der Waals surface area (Å²) in [6.07, 6.45) is -0.0605. The summed E-state index contributed by atoms with van der Waals surface area (Å²) in [5, 5.41) is 0. The summed E-state index contributed by atoms with van der Waals surface area (Å²) in [6.45, 7) is 2.69. The van der Waals surface area contributed by atoms with E-state index in [-0.39, 0.29) is 18.6 Å². The summed E-state index contributed by atoms with van der Waals surface area (Å²) < 4.78 is 21.2. The zero-order valence-electron chi connectivity index (χ0n) is 12.4. The van der Waals surface area contributed by atoms with E-state index >= 15 is 0 Å². The monoisotopic (exact) mass is 295 g/mol. The van der Waals surface area contributed by atoms with Gasteiger partial charge in [0.05, 0.1) is 27.4 Å². The molecule has 0 unspecified atom stereocenters. The number of hydrogen-bond acceptors (Lipinski definition) is 6. The van der Waals surface area contributed by atoms with Gasteiger partial charge in [-0.15, -0.1) is 0 Å². The van der Waals surface area contributed by atoms with Crippen LogP contribution in [-0.2, 0) is 14.3 Å². The van der Waals surface area contributed by atoms with E-state index in [9.17, 15) is 4.79 Å². The molecule has 0 aromatic heterocycles. The fraction of sp³-hybridized carbons (Fsp3) is 0.533. The number of ether oxygens (including phenoxy) is 4. The van der Waals surface area contributed by atoms with Crippen LogP contribution in [0.3, 0.4) is 0 Å². The Kier molecular flexibility index (Phi) is 5.83. The summed E-state index contributed by atoms with van der Waals surface area (Å²) >= 11 is 0. The van der Waals surface area contributed by atoms with Crippen LogP contribution in [-0.4, -0.2) is 64.0 Å². The number of morpholine rings is 1. The summed E-state index contributed by atoms with van der Waals surface area (Å²) in [5.74, 6) is 1.26. The van der Waals surface area contributed by atoms with Crippen LogP contribution >= 0.6 is 0 Å². The van der Waals surface area contributed by atoms with Crippen molar-refractivity contribution in [1.82, 2.24) is 4.90 Å². The standard InChI is InChI=1S/C15H21NO5/c1-18-12-4-3-5-13(8-12)21-11-14-9-16(6-7-20-14)10-15(17)19-2/h3-5,8,14H,6-7,9-11H2,1-2H3/t14-/m0/s1. The van der Waals surface area contributed by atoms with Crippen molar-refractivity contribution in [2.45, 2.75) is 6.10 Å². The highest BCUT2D eigenvalue weighted by atomic mass is 16.5. The summed E-state index contributed by atoms with van der Waals surface area (Å²) in [7, 11) is 3.01. The summed E-state index contributed by atoms with van der Waals surface area (Å²) in [4.78, 5) is 13.3. The Morgan fingerprint density at radius 2 is 2.19 bits per heavy atom. The highest BCUT2D eigenvalue weighted by Crippen LogP contribution is 2.19. The third-order valence-electron chi connectivity index (χ3n) is 3.28. The second kappa shape index (κ2) is 7.85. The van der Waals surface area contributed by atoms with Crippen LogP contribution in [0.25, 0.3) is 0 Å². The van der Waals surface area contributed by atoms with E-state index in [2.05, 4.69) is 4.74 Å². The van der Waals surface area contributed by atoms with Gasteiger partial charge in [-0.3, -0.25) is 9.69 Å². The average molecular weight is 295 g/mol. The lowest BCUT2D eigenvalue weighted by Gasteiger charge is -2.31. The number of esters is 1. The van der Waals surface area contributed by atoms with Crippen molar-refractivity contribution in [3.05, 3.63) is 24.3 Å². The van der Waals surface area contributed by atoms with Gasteiger partial charge in [-0.1, -0.05) is 6.07 Å². The molecule has 6 heteroatoms. The van der Waals surface area contributed by atoms with Gasteiger partial charge in [0, 0.05) is 19.2 Å². The number of carbonyl (C=O) groups is 1. The van der Waals surface area contributed by atoms with Crippen LogP contribution in [0.1, 0.15) is 0 Å². The first-order chi connectivity index (χ1) is 10.2. The lowest BCUT2D eigenvalue weighted by Crippen LogP contribution is -2.46. The minimum absolute atomic E-state index is 0.0605. The van der Waals surface area contributed by atoms with E-state index < -0.39 is 0 Å². The van der Waals surface area contributed by atoms with E-state index in [1.807, 2.05) is 29.2 Å². The number of methoxy groups -OCH3 is 2. The van der Waals surface area contributed by atoms with Crippen LogP contribution < -0.4 is 9.47 Å². The lowest BCUT2D eigenvalue weighted by atomic mass is 10.2. The molecule has 1 aromatic rings. The first-order valence-electron chi connectivity index (χ1n) is 6.89. The minimum atomic E-state index is -0.232. The first kappa shape index (κ1) is 15.6. The second-order valence-electron chi connectivity index (χ2n) is 4.79. The van der Waals surface area contributed by atoms with Crippen LogP contribution in [0, 0.1) is 0 Å². The van der Waals surface area contributed by atoms with Gasteiger partial charge in [-0.25, -0.2) is 0 Å². The average Bonchev–Trinajstić information content (AvgIpc) is 2.53. The molecule has 1 saturated heterocycles. The Morgan fingerprint density at radius 3 is 2.95 bits per heavy atom. The third kappa shape index (κ3) is 4.91. The lowest BCUT2D eigenvalue weighted by molar-refractivity contribution is -0.144. The predicted octanol–water partition coefficient (Wildman–Crippen LogP) is 0.948. The van der Waals surface area contributed by atoms with Crippen molar-refractivity contribution in [3.8, 4) is 11.5 Å². The van der Waals surface area contributed by atoms with Crippen LogP contribution in [0.15, 0.2) is 24.3 Å². The molecule has 0 N–H and O–H groups in total. The normalized spacial score (nSPS) is 19.0. The molecule has 0 bridgehead atoms. The highest BCUT2D eigenvalue weighted by Gasteiger charge is 2.22. The zero-order valence-corrected chi connectivity index (χ0v) is 12.4. The summed E-state index contributed by atoms with van der Waals surface area (Å²) in [5.41, 5.74) is 0. The summed E-state index contributed by atoms with van der Waals surface area (Å²) in [6, 6.07) is 7.44. The van der Waals surface area contributed by atoms with Crippen molar-refractivity contribution < 1.29 is 23.7 Å². The van der Waals surface area contributed by atoms with Crippen LogP contribution in [0.5, 0.6) is 11.5 Å². The molecule has 0 radical (unpaired) electrons. The maximum Gasteiger partial charge on any atom is 0.319 e. The molecule has 0 amide bonds. The molecular weight excluding hydrogens is 274 g/mol. The third-order valence-corrected chi connectivity index (χ3v) is 3.28. The van der Waals surface area contributed by atoms with Crippen molar-refractivity contribution in [2.75, 3.05) is 47.1 Å². The maximum atomic E-state index is 11.3. The molecule has 1 aliphatic heterocycles. The molecule has 1 heterocycles. The fourth-order valence-electron chi connectivity index (χ4n) is 2.15. The van der Waals surface area contributed by atoms with Gasteiger partial charge < -0.3 is 18.9 Å². The Hall–Kier alpha value is -1.79. The molecule has 1 atom stereocenters. The smallest absolute Gasteiger partial charge is 0.319 e. The Balaban J connectivity index is 1.80. The first-order valence-corrected chi connectivity index (χ1v) is 6.89. The molecule has 1 aliphatic rings. The molecule has 1 fully saturated rings. The van der Waals surface area contributed by atoms with E-state index in [4.69, 9.17) is 14.2 Å². The van der Waals surface area contributed by atoms with Crippen molar-refractivity contribution >= 4 is 5.97 Å². The second-order valence-corrected chi connectivity index (χ2v) is 4.79. The molecule has 21 heavy (non-hydrogen) atoms. The van der Waals surface area contributed by atoms with Crippen LogP contribution in [0.2, 0.25) is 0 Å². The van der Waals surface area contributed by atoms with Crippen molar-refractivity contribution in [1.29, 1.82) is 0 Å². The predicted molar refractivity (Wildman–Crippen MR) is 76.7 cm³/mol. The Labute approximate surface area is 124 Å². The molecule has 116 valence electrons. The Morgan fingerprint density at radius 1 is 1.38 bits per heavy atom. The van der Waals surface area contributed by atoms with Gasteiger partial charge in [-0.2, -0.15) is 0 Å². The SMILES string of the molecule is COC(=O)CN1CCO[C@H](COc2cccc(OC)c2)C1. The van der Waals surface area contributed by atoms with Crippen molar-refractivity contribution in [3.63, 3.8) is 0 Å². The molecule has 0 spiro atoms. The number of nitrogens with zero attached hydrogens (tertiary/aromatic N) is 1. The van der Waals surface area contributed by atoms with E-state index in [1.165, 1.54) is 7.11 Å². The largest absolute Gasteiger partial charge is 0.497 e. The number of hydrogen-bond donors (Lipinski definition) is 0. The van der Waals surface area contributed by atoms with Gasteiger partial charge >= 0.3 is 5.97 Å². The van der Waals surface area contributed by atoms with Gasteiger partial charge in [0.25, 0.3) is 0 Å². The van der Waals surface area contributed by atoms with Gasteiger partial charge in [0.1, 0.15) is 24.2 Å². The van der Waals surface area contributed by atoms with Gasteiger partial charge in [-0.05, 0) is 12.1 Å². The molecule has 0 saturated carbocycles.